The van der Waals surface area contributed by atoms with Gasteiger partial charge in [-0.1, -0.05) is 6.07 Å². The standard InChI is InChI=1S/C20H20N2O4S2/c1-14(2)26-18-11-9-16(10-12-18)21-20(23)15-5-7-17(8-6-15)22-28(24,25)19-4-3-13-27-19/h3-14,22H,1-2H3,(H,21,23). The Kier molecular flexibility index (Phi) is 6.01. The van der Waals surface area contributed by atoms with Crippen molar-refractivity contribution < 1.29 is 17.9 Å². The van der Waals surface area contributed by atoms with Crippen molar-refractivity contribution in [3.8, 4) is 5.75 Å². The molecule has 0 saturated carbocycles. The molecule has 2 aromatic carbocycles. The smallest absolute Gasteiger partial charge is 0.271 e. The van der Waals surface area contributed by atoms with E-state index in [0.29, 0.717) is 16.9 Å². The Bertz CT molecular complexity index is 1030. The van der Waals surface area contributed by atoms with Crippen LogP contribution >= 0.6 is 11.3 Å². The van der Waals surface area contributed by atoms with Gasteiger partial charge >= 0.3 is 0 Å². The number of carbonyl (C=O) groups is 1. The van der Waals surface area contributed by atoms with E-state index in [9.17, 15) is 13.2 Å². The maximum atomic E-state index is 12.4. The summed E-state index contributed by atoms with van der Waals surface area (Å²) in [6.07, 6.45) is 0.0798. The number of hydrogen-bond donors (Lipinski definition) is 2. The Balaban J connectivity index is 1.64. The third-order valence-electron chi connectivity index (χ3n) is 3.64. The van der Waals surface area contributed by atoms with Crippen LogP contribution < -0.4 is 14.8 Å². The van der Waals surface area contributed by atoms with Gasteiger partial charge in [0.1, 0.15) is 9.96 Å². The van der Waals surface area contributed by atoms with Crippen LogP contribution in [-0.4, -0.2) is 20.4 Å². The first-order chi connectivity index (χ1) is 13.3. The highest BCUT2D eigenvalue weighted by molar-refractivity contribution is 7.94. The number of rotatable bonds is 7. The fourth-order valence-corrected chi connectivity index (χ4v) is 4.46. The molecule has 8 heteroatoms. The second-order valence-corrected chi connectivity index (χ2v) is 9.12. The van der Waals surface area contributed by atoms with Crippen molar-refractivity contribution in [2.45, 2.75) is 24.2 Å². The summed E-state index contributed by atoms with van der Waals surface area (Å²) in [6.45, 7) is 3.89. The molecule has 1 amide bonds. The largest absolute Gasteiger partial charge is 0.491 e. The lowest BCUT2D eigenvalue weighted by molar-refractivity contribution is 0.102. The highest BCUT2D eigenvalue weighted by Gasteiger charge is 2.15. The summed E-state index contributed by atoms with van der Waals surface area (Å²) in [4.78, 5) is 12.4. The minimum Gasteiger partial charge on any atom is -0.491 e. The van der Waals surface area contributed by atoms with E-state index < -0.39 is 10.0 Å². The molecule has 28 heavy (non-hydrogen) atoms. The maximum absolute atomic E-state index is 12.4. The van der Waals surface area contributed by atoms with E-state index in [4.69, 9.17) is 4.74 Å². The van der Waals surface area contributed by atoms with Crippen LogP contribution in [0.15, 0.2) is 70.3 Å². The predicted molar refractivity (Wildman–Crippen MR) is 112 cm³/mol. The van der Waals surface area contributed by atoms with Gasteiger partial charge in [0.25, 0.3) is 15.9 Å². The van der Waals surface area contributed by atoms with Crippen molar-refractivity contribution in [2.75, 3.05) is 10.0 Å². The molecule has 0 aliphatic carbocycles. The number of ether oxygens (including phenoxy) is 1. The van der Waals surface area contributed by atoms with E-state index in [1.54, 1.807) is 60.0 Å². The average Bonchev–Trinajstić information content (AvgIpc) is 3.19. The number of benzene rings is 2. The van der Waals surface area contributed by atoms with Gasteiger partial charge < -0.3 is 10.1 Å². The summed E-state index contributed by atoms with van der Waals surface area (Å²) in [5.41, 5.74) is 1.45. The average molecular weight is 417 g/mol. The Hall–Kier alpha value is -2.84. The van der Waals surface area contributed by atoms with Gasteiger partial charge in [-0.2, -0.15) is 0 Å². The minimum absolute atomic E-state index is 0.0798. The fourth-order valence-electron chi connectivity index (χ4n) is 2.40. The predicted octanol–water partition coefficient (Wildman–Crippen LogP) is 4.59. The molecule has 0 unspecified atom stereocenters. The van der Waals surface area contributed by atoms with E-state index in [-0.39, 0.29) is 16.2 Å². The van der Waals surface area contributed by atoms with Gasteiger partial charge in [-0.15, -0.1) is 11.3 Å². The number of amides is 1. The van der Waals surface area contributed by atoms with E-state index in [1.807, 2.05) is 13.8 Å². The molecule has 0 bridgehead atoms. The fraction of sp³-hybridized carbons (Fsp3) is 0.150. The first-order valence-corrected chi connectivity index (χ1v) is 10.9. The molecule has 0 saturated heterocycles. The molecule has 146 valence electrons. The minimum atomic E-state index is -3.61. The summed E-state index contributed by atoms with van der Waals surface area (Å²) in [5.74, 6) is 0.445. The summed E-state index contributed by atoms with van der Waals surface area (Å²) in [6, 6.07) is 16.6. The van der Waals surface area contributed by atoms with Crippen molar-refractivity contribution in [1.29, 1.82) is 0 Å². The lowest BCUT2D eigenvalue weighted by atomic mass is 10.2. The first kappa shape index (κ1) is 19.9. The Labute approximate surface area is 168 Å². The third-order valence-corrected chi connectivity index (χ3v) is 6.42. The number of carbonyl (C=O) groups excluding carboxylic acids is 1. The van der Waals surface area contributed by atoms with Crippen molar-refractivity contribution >= 4 is 38.6 Å². The first-order valence-electron chi connectivity index (χ1n) is 8.58. The Morgan fingerprint density at radius 3 is 2.18 bits per heavy atom. The van der Waals surface area contributed by atoms with Crippen LogP contribution in [-0.2, 0) is 10.0 Å². The number of anilines is 2. The summed E-state index contributed by atoms with van der Waals surface area (Å²) < 4.78 is 32.8. The molecule has 1 aromatic heterocycles. The molecule has 2 N–H and O–H groups in total. The molecule has 6 nitrogen and oxygen atoms in total. The molecule has 0 fully saturated rings. The van der Waals surface area contributed by atoms with Gasteiger partial charge in [0.15, 0.2) is 0 Å². The number of nitrogens with one attached hydrogen (secondary N) is 2. The van der Waals surface area contributed by atoms with E-state index in [1.165, 1.54) is 6.07 Å². The van der Waals surface area contributed by atoms with Crippen LogP contribution in [0.2, 0.25) is 0 Å². The Morgan fingerprint density at radius 2 is 1.61 bits per heavy atom. The molecule has 0 aliphatic heterocycles. The molecular formula is C20H20N2O4S2. The van der Waals surface area contributed by atoms with Crippen LogP contribution in [0.3, 0.4) is 0 Å². The quantitative estimate of drug-likeness (QED) is 0.590. The zero-order valence-electron chi connectivity index (χ0n) is 15.4. The van der Waals surface area contributed by atoms with E-state index >= 15 is 0 Å². The van der Waals surface area contributed by atoms with Gasteiger partial charge in [0, 0.05) is 16.9 Å². The SMILES string of the molecule is CC(C)Oc1ccc(NC(=O)c2ccc(NS(=O)(=O)c3cccs3)cc2)cc1. The molecule has 0 atom stereocenters. The van der Waals surface area contributed by atoms with Crippen molar-refractivity contribution in [2.24, 2.45) is 0 Å². The molecule has 1 heterocycles. The van der Waals surface area contributed by atoms with Crippen LogP contribution in [0.4, 0.5) is 11.4 Å². The molecule has 0 spiro atoms. The van der Waals surface area contributed by atoms with Crippen LogP contribution in [0, 0.1) is 0 Å². The lowest BCUT2D eigenvalue weighted by Crippen LogP contribution is -2.13. The topological polar surface area (TPSA) is 84.5 Å². The summed E-state index contributed by atoms with van der Waals surface area (Å²) >= 11 is 1.14. The molecule has 0 radical (unpaired) electrons. The number of sulfonamides is 1. The maximum Gasteiger partial charge on any atom is 0.271 e. The molecule has 3 rings (SSSR count). The van der Waals surface area contributed by atoms with Crippen molar-refractivity contribution in [3.63, 3.8) is 0 Å². The number of hydrogen-bond acceptors (Lipinski definition) is 5. The van der Waals surface area contributed by atoms with Crippen LogP contribution in [0.25, 0.3) is 0 Å². The van der Waals surface area contributed by atoms with Crippen molar-refractivity contribution in [1.82, 2.24) is 0 Å². The molecule has 0 aliphatic rings. The van der Waals surface area contributed by atoms with E-state index in [2.05, 4.69) is 10.0 Å². The van der Waals surface area contributed by atoms with Crippen LogP contribution in [0.5, 0.6) is 5.75 Å². The Morgan fingerprint density at radius 1 is 0.964 bits per heavy atom. The highest BCUT2D eigenvalue weighted by atomic mass is 32.2. The zero-order valence-corrected chi connectivity index (χ0v) is 17.0. The molecule has 3 aromatic rings. The van der Waals surface area contributed by atoms with Gasteiger partial charge in [-0.05, 0) is 73.8 Å². The van der Waals surface area contributed by atoms with Crippen LogP contribution in [0.1, 0.15) is 24.2 Å². The second-order valence-electron chi connectivity index (χ2n) is 6.26. The lowest BCUT2D eigenvalue weighted by Gasteiger charge is -2.11. The third kappa shape index (κ3) is 5.11. The van der Waals surface area contributed by atoms with Crippen molar-refractivity contribution in [3.05, 3.63) is 71.6 Å². The monoisotopic (exact) mass is 416 g/mol. The van der Waals surface area contributed by atoms with Gasteiger partial charge in [-0.25, -0.2) is 8.42 Å². The molecular weight excluding hydrogens is 396 g/mol. The zero-order chi connectivity index (χ0) is 20.1. The van der Waals surface area contributed by atoms with Gasteiger partial charge in [-0.3, -0.25) is 9.52 Å². The summed E-state index contributed by atoms with van der Waals surface area (Å²) in [5, 5.41) is 4.50. The van der Waals surface area contributed by atoms with E-state index in [0.717, 1.165) is 17.1 Å². The normalized spacial score (nSPS) is 11.2. The van der Waals surface area contributed by atoms with Gasteiger partial charge in [0.05, 0.1) is 6.10 Å². The summed E-state index contributed by atoms with van der Waals surface area (Å²) in [7, 11) is -3.61. The van der Waals surface area contributed by atoms with Gasteiger partial charge in [0.2, 0.25) is 0 Å². The number of thiophene rings is 1. The highest BCUT2D eigenvalue weighted by Crippen LogP contribution is 2.21. The second kappa shape index (κ2) is 8.45.